The summed E-state index contributed by atoms with van der Waals surface area (Å²) in [4.78, 5) is 24.9. The minimum Gasteiger partial charge on any atom is -0.342 e. The fraction of sp³-hybridized carbons (Fsp3) is 0.182. The highest BCUT2D eigenvalue weighted by atomic mass is 35.5. The second-order valence-electron chi connectivity index (χ2n) is 6.76. The Kier molecular flexibility index (Phi) is 8.33. The maximum absolute atomic E-state index is 12.6. The zero-order valence-corrected chi connectivity index (χ0v) is 19.5. The Labute approximate surface area is 200 Å². The summed E-state index contributed by atoms with van der Waals surface area (Å²) >= 11 is 13.3. The fourth-order valence-corrected chi connectivity index (χ4v) is 4.07. The van der Waals surface area contributed by atoms with Gasteiger partial charge in [-0.05, 0) is 37.3 Å². The zero-order chi connectivity index (χ0) is 23.1. The van der Waals surface area contributed by atoms with Crippen molar-refractivity contribution >= 4 is 52.5 Å². The minimum absolute atomic E-state index is 0.127. The molecule has 2 amide bonds. The number of thioether (sulfide) groups is 1. The lowest BCUT2D eigenvalue weighted by atomic mass is 10.2. The van der Waals surface area contributed by atoms with Gasteiger partial charge in [0.05, 0.1) is 22.4 Å². The summed E-state index contributed by atoms with van der Waals surface area (Å²) in [5, 5.41) is 15.5. The van der Waals surface area contributed by atoms with Crippen LogP contribution in [0.25, 0.3) is 0 Å². The van der Waals surface area contributed by atoms with Crippen molar-refractivity contribution in [3.63, 3.8) is 0 Å². The number of nitrogens with zero attached hydrogens (tertiary/aromatic N) is 3. The first-order valence-electron chi connectivity index (χ1n) is 9.66. The number of carbonyl (C=O) groups excluding carboxylic acids is 2. The predicted molar refractivity (Wildman–Crippen MR) is 128 cm³/mol. The molecule has 0 unspecified atom stereocenters. The van der Waals surface area contributed by atoms with Gasteiger partial charge in [-0.3, -0.25) is 9.59 Å². The fourth-order valence-electron chi connectivity index (χ4n) is 2.91. The first kappa shape index (κ1) is 23.8. The average Bonchev–Trinajstić information content (AvgIpc) is 3.15. The number of amides is 2. The molecule has 0 fully saturated rings. The molecule has 0 aliphatic heterocycles. The summed E-state index contributed by atoms with van der Waals surface area (Å²) in [6, 6.07) is 13.3. The largest absolute Gasteiger partial charge is 0.342 e. The molecular formula is C22H21Cl2N5O2S. The molecule has 1 heterocycles. The van der Waals surface area contributed by atoms with E-state index in [0.717, 1.165) is 0 Å². The van der Waals surface area contributed by atoms with Crippen LogP contribution in [-0.4, -0.2) is 32.3 Å². The topological polar surface area (TPSA) is 88.9 Å². The molecule has 0 spiro atoms. The van der Waals surface area contributed by atoms with E-state index in [4.69, 9.17) is 23.2 Å². The van der Waals surface area contributed by atoms with Crippen LogP contribution in [0.3, 0.4) is 0 Å². The van der Waals surface area contributed by atoms with E-state index in [1.807, 2.05) is 4.57 Å². The number of allylic oxidation sites excluding steroid dienone is 1. The molecule has 32 heavy (non-hydrogen) atoms. The first-order chi connectivity index (χ1) is 15.4. The first-order valence-corrected chi connectivity index (χ1v) is 11.4. The van der Waals surface area contributed by atoms with Crippen LogP contribution in [0.2, 0.25) is 10.0 Å². The lowest BCUT2D eigenvalue weighted by molar-refractivity contribution is -0.113. The van der Waals surface area contributed by atoms with Gasteiger partial charge in [-0.25, -0.2) is 0 Å². The van der Waals surface area contributed by atoms with Crippen LogP contribution in [0, 0.1) is 0 Å². The second-order valence-corrected chi connectivity index (χ2v) is 8.55. The van der Waals surface area contributed by atoms with Gasteiger partial charge in [0.2, 0.25) is 5.91 Å². The monoisotopic (exact) mass is 489 g/mol. The summed E-state index contributed by atoms with van der Waals surface area (Å²) in [5.41, 5.74) is 0.996. The van der Waals surface area contributed by atoms with Crippen molar-refractivity contribution < 1.29 is 9.59 Å². The van der Waals surface area contributed by atoms with E-state index in [-0.39, 0.29) is 17.6 Å². The lowest BCUT2D eigenvalue weighted by Gasteiger charge is -2.15. The van der Waals surface area contributed by atoms with Crippen LogP contribution in [0.4, 0.5) is 5.69 Å². The molecule has 0 radical (unpaired) electrons. The van der Waals surface area contributed by atoms with E-state index in [2.05, 4.69) is 27.4 Å². The Balaban J connectivity index is 1.67. The van der Waals surface area contributed by atoms with E-state index in [1.165, 1.54) is 11.8 Å². The molecule has 1 atom stereocenters. The number of hydrogen-bond donors (Lipinski definition) is 2. The van der Waals surface area contributed by atoms with E-state index in [9.17, 15) is 9.59 Å². The summed E-state index contributed by atoms with van der Waals surface area (Å²) in [6.45, 7) is 6.00. The highest BCUT2D eigenvalue weighted by Crippen LogP contribution is 2.23. The summed E-state index contributed by atoms with van der Waals surface area (Å²) < 4.78 is 1.81. The summed E-state index contributed by atoms with van der Waals surface area (Å²) in [6.07, 6.45) is 1.70. The number of rotatable bonds is 9. The van der Waals surface area contributed by atoms with Gasteiger partial charge < -0.3 is 15.2 Å². The average molecular weight is 490 g/mol. The molecule has 1 aromatic heterocycles. The smallest absolute Gasteiger partial charge is 0.253 e. The Morgan fingerprint density at radius 1 is 1.19 bits per heavy atom. The van der Waals surface area contributed by atoms with Crippen molar-refractivity contribution in [3.05, 3.63) is 82.6 Å². The Bertz CT molecular complexity index is 1140. The maximum Gasteiger partial charge on any atom is 0.253 e. The standard InChI is InChI=1S/C22H21Cl2N5O2S/c1-3-11-29-20(14(2)25-21(31)17-9-4-5-10-18(17)24)27-28-22(29)32-13-19(30)26-16-8-6-7-15(23)12-16/h3-10,12,14H,1,11,13H2,2H3,(H,25,31)(H,26,30)/t14-/m1/s1. The van der Waals surface area contributed by atoms with Gasteiger partial charge in [0.1, 0.15) is 0 Å². The van der Waals surface area contributed by atoms with Gasteiger partial charge in [0.25, 0.3) is 5.91 Å². The summed E-state index contributed by atoms with van der Waals surface area (Å²) in [5.74, 6) is 0.156. The van der Waals surface area contributed by atoms with Crippen molar-refractivity contribution in [2.75, 3.05) is 11.1 Å². The Hall–Kier alpha value is -2.81. The molecule has 3 rings (SSSR count). The van der Waals surface area contributed by atoms with E-state index in [1.54, 1.807) is 61.5 Å². The number of nitrogens with one attached hydrogen (secondary N) is 2. The highest BCUT2D eigenvalue weighted by molar-refractivity contribution is 7.99. The van der Waals surface area contributed by atoms with Crippen molar-refractivity contribution in [1.82, 2.24) is 20.1 Å². The molecule has 10 heteroatoms. The normalized spacial score (nSPS) is 11.6. The number of hydrogen-bond acceptors (Lipinski definition) is 5. The molecule has 166 valence electrons. The Morgan fingerprint density at radius 2 is 1.97 bits per heavy atom. The molecule has 2 N–H and O–H groups in total. The van der Waals surface area contributed by atoms with Crippen molar-refractivity contribution in [3.8, 4) is 0 Å². The lowest BCUT2D eigenvalue weighted by Crippen LogP contribution is -2.29. The number of aromatic nitrogens is 3. The van der Waals surface area contributed by atoms with Gasteiger partial charge in [-0.15, -0.1) is 16.8 Å². The van der Waals surface area contributed by atoms with Crippen molar-refractivity contribution in [2.45, 2.75) is 24.7 Å². The third kappa shape index (κ3) is 6.12. The van der Waals surface area contributed by atoms with Gasteiger partial charge in [0, 0.05) is 17.3 Å². The van der Waals surface area contributed by atoms with Crippen LogP contribution < -0.4 is 10.6 Å². The van der Waals surface area contributed by atoms with E-state index >= 15 is 0 Å². The molecule has 7 nitrogen and oxygen atoms in total. The van der Waals surface area contributed by atoms with Crippen LogP contribution in [0.5, 0.6) is 0 Å². The molecular weight excluding hydrogens is 469 g/mol. The second kappa shape index (κ2) is 11.2. The third-order valence-corrected chi connectivity index (χ3v) is 5.88. The van der Waals surface area contributed by atoms with Gasteiger partial charge in [-0.1, -0.05) is 59.2 Å². The Morgan fingerprint density at radius 3 is 2.69 bits per heavy atom. The molecule has 0 aliphatic carbocycles. The van der Waals surface area contributed by atoms with E-state index in [0.29, 0.717) is 38.8 Å². The van der Waals surface area contributed by atoms with Crippen LogP contribution in [0.1, 0.15) is 29.1 Å². The summed E-state index contributed by atoms with van der Waals surface area (Å²) in [7, 11) is 0. The minimum atomic E-state index is -0.444. The van der Waals surface area contributed by atoms with Crippen molar-refractivity contribution in [1.29, 1.82) is 0 Å². The van der Waals surface area contributed by atoms with Gasteiger partial charge in [0.15, 0.2) is 11.0 Å². The van der Waals surface area contributed by atoms with E-state index < -0.39 is 6.04 Å². The third-order valence-electron chi connectivity index (χ3n) is 4.35. The van der Waals surface area contributed by atoms with Gasteiger partial charge in [-0.2, -0.15) is 0 Å². The van der Waals surface area contributed by atoms with Crippen LogP contribution in [-0.2, 0) is 11.3 Å². The number of anilines is 1. The van der Waals surface area contributed by atoms with Crippen molar-refractivity contribution in [2.24, 2.45) is 0 Å². The highest BCUT2D eigenvalue weighted by Gasteiger charge is 2.21. The van der Waals surface area contributed by atoms with Gasteiger partial charge >= 0.3 is 0 Å². The molecule has 2 aromatic carbocycles. The SMILES string of the molecule is C=CCn1c(SCC(=O)Nc2cccc(Cl)c2)nnc1[C@@H](C)NC(=O)c1ccccc1Cl. The van der Waals surface area contributed by atoms with Crippen LogP contribution >= 0.6 is 35.0 Å². The number of halogens is 2. The van der Waals surface area contributed by atoms with Crippen LogP contribution in [0.15, 0.2) is 66.3 Å². The molecule has 0 saturated carbocycles. The number of benzene rings is 2. The predicted octanol–water partition coefficient (Wildman–Crippen LogP) is 4.99. The zero-order valence-electron chi connectivity index (χ0n) is 17.2. The molecule has 0 aliphatic rings. The number of carbonyl (C=O) groups is 2. The molecule has 0 saturated heterocycles. The quantitative estimate of drug-likeness (QED) is 0.326. The molecule has 0 bridgehead atoms. The molecule has 3 aromatic rings. The maximum atomic E-state index is 12.6.